The maximum absolute atomic E-state index is 11.8. The first-order valence-electron chi connectivity index (χ1n) is 4.49. The molecule has 0 spiro atoms. The van der Waals surface area contributed by atoms with Gasteiger partial charge in [-0.15, -0.1) is 0 Å². The number of thioether (sulfide) groups is 1. The van der Waals surface area contributed by atoms with Crippen LogP contribution in [0.2, 0.25) is 0 Å². The van der Waals surface area contributed by atoms with Gasteiger partial charge in [0.1, 0.15) is 5.75 Å². The number of benzene rings is 1. The van der Waals surface area contributed by atoms with Gasteiger partial charge in [-0.05, 0) is 29.5 Å². The van der Waals surface area contributed by atoms with E-state index in [-0.39, 0.29) is 24.1 Å². The number of rotatable bonds is 5. The summed E-state index contributed by atoms with van der Waals surface area (Å²) >= 11 is 3.22. The van der Waals surface area contributed by atoms with Gasteiger partial charge in [0.05, 0.1) is 6.61 Å². The molecule has 0 radical (unpaired) electrons. The van der Waals surface area contributed by atoms with Crippen LogP contribution in [0.15, 0.2) is 24.3 Å². The zero-order chi connectivity index (χ0) is 12.0. The van der Waals surface area contributed by atoms with Crippen molar-refractivity contribution in [2.75, 3.05) is 12.4 Å². The third kappa shape index (κ3) is 5.65. The number of alkyl halides is 4. The number of ether oxygens (including phenoxy) is 1. The first-order valence-corrected chi connectivity index (χ1v) is 6.60. The molecular weight excluding hydrogens is 305 g/mol. The average molecular weight is 315 g/mol. The van der Waals surface area contributed by atoms with Gasteiger partial charge in [-0.1, -0.05) is 28.1 Å². The number of hydrogen-bond acceptors (Lipinski definition) is 2. The van der Waals surface area contributed by atoms with Crippen molar-refractivity contribution in [3.8, 4) is 5.75 Å². The molecule has 0 aliphatic rings. The lowest BCUT2D eigenvalue weighted by Crippen LogP contribution is -2.07. The molecule has 1 nitrogen and oxygen atoms in total. The van der Waals surface area contributed by atoms with Crippen LogP contribution in [0.1, 0.15) is 5.56 Å². The highest BCUT2D eigenvalue weighted by Crippen LogP contribution is 2.29. The van der Waals surface area contributed by atoms with Gasteiger partial charge in [-0.3, -0.25) is 0 Å². The molecule has 0 atom stereocenters. The van der Waals surface area contributed by atoms with E-state index in [0.717, 1.165) is 5.56 Å². The van der Waals surface area contributed by atoms with E-state index in [0.29, 0.717) is 11.1 Å². The Bertz CT molecular complexity index is 330. The van der Waals surface area contributed by atoms with E-state index in [1.807, 2.05) is 12.1 Å². The largest absolute Gasteiger partial charge is 0.493 e. The maximum atomic E-state index is 11.8. The molecule has 0 N–H and O–H groups in total. The molecule has 0 aliphatic carbocycles. The highest BCUT2D eigenvalue weighted by Gasteiger charge is 2.27. The van der Waals surface area contributed by atoms with Crippen LogP contribution in [0, 0.1) is 0 Å². The Morgan fingerprint density at radius 3 is 2.69 bits per heavy atom. The highest BCUT2D eigenvalue weighted by molar-refractivity contribution is 9.08. The van der Waals surface area contributed by atoms with Crippen LogP contribution < -0.4 is 4.74 Å². The molecule has 16 heavy (non-hydrogen) atoms. The van der Waals surface area contributed by atoms with Gasteiger partial charge in [0, 0.05) is 11.1 Å². The second-order valence-electron chi connectivity index (χ2n) is 2.92. The Morgan fingerprint density at radius 1 is 1.31 bits per heavy atom. The van der Waals surface area contributed by atoms with Gasteiger partial charge in [-0.2, -0.15) is 13.2 Å². The summed E-state index contributed by atoms with van der Waals surface area (Å²) in [7, 11) is 0. The first-order chi connectivity index (χ1) is 7.51. The SMILES string of the molecule is FC(F)(F)SCCOc1cccc(CBr)c1. The fourth-order valence-corrected chi connectivity index (χ4v) is 1.78. The highest BCUT2D eigenvalue weighted by atomic mass is 79.9. The van der Waals surface area contributed by atoms with Crippen molar-refractivity contribution in [2.45, 2.75) is 10.8 Å². The molecule has 0 bridgehead atoms. The van der Waals surface area contributed by atoms with Crippen molar-refractivity contribution >= 4 is 27.7 Å². The minimum Gasteiger partial charge on any atom is -0.493 e. The monoisotopic (exact) mass is 314 g/mol. The van der Waals surface area contributed by atoms with Crippen molar-refractivity contribution in [3.05, 3.63) is 29.8 Å². The van der Waals surface area contributed by atoms with Crippen molar-refractivity contribution in [1.82, 2.24) is 0 Å². The number of hydrogen-bond donors (Lipinski definition) is 0. The van der Waals surface area contributed by atoms with Crippen molar-refractivity contribution in [3.63, 3.8) is 0 Å². The van der Waals surface area contributed by atoms with Gasteiger partial charge < -0.3 is 4.74 Å². The predicted octanol–water partition coefficient (Wildman–Crippen LogP) is 4.21. The molecule has 0 amide bonds. The Labute approximate surface area is 104 Å². The van der Waals surface area contributed by atoms with E-state index in [1.165, 1.54) is 0 Å². The third-order valence-corrected chi connectivity index (χ3v) is 3.02. The van der Waals surface area contributed by atoms with Crippen LogP contribution in [0.4, 0.5) is 13.2 Å². The molecule has 0 saturated carbocycles. The van der Waals surface area contributed by atoms with Crippen LogP contribution in [-0.4, -0.2) is 17.9 Å². The van der Waals surface area contributed by atoms with Gasteiger partial charge >= 0.3 is 5.51 Å². The van der Waals surface area contributed by atoms with Crippen LogP contribution in [0.5, 0.6) is 5.75 Å². The zero-order valence-electron chi connectivity index (χ0n) is 8.26. The van der Waals surface area contributed by atoms with E-state index in [1.54, 1.807) is 12.1 Å². The molecule has 0 aliphatic heterocycles. The van der Waals surface area contributed by atoms with E-state index >= 15 is 0 Å². The zero-order valence-corrected chi connectivity index (χ0v) is 10.7. The summed E-state index contributed by atoms with van der Waals surface area (Å²) in [5, 5.41) is 0.696. The normalized spacial score (nSPS) is 11.5. The minimum absolute atomic E-state index is 0.0515. The molecule has 1 rings (SSSR count). The summed E-state index contributed by atoms with van der Waals surface area (Å²) < 4.78 is 40.6. The fourth-order valence-electron chi connectivity index (χ4n) is 1.04. The Hall–Kier alpha value is -0.360. The van der Waals surface area contributed by atoms with Crippen LogP contribution >= 0.6 is 27.7 Å². The second kappa shape index (κ2) is 6.39. The maximum Gasteiger partial charge on any atom is 0.441 e. The Kier molecular flexibility index (Phi) is 5.48. The third-order valence-electron chi connectivity index (χ3n) is 1.67. The average Bonchev–Trinajstić information content (AvgIpc) is 2.23. The van der Waals surface area contributed by atoms with Crippen LogP contribution in [0.3, 0.4) is 0 Å². The molecule has 0 fully saturated rings. The Balaban J connectivity index is 2.32. The van der Waals surface area contributed by atoms with Crippen LogP contribution in [-0.2, 0) is 5.33 Å². The summed E-state index contributed by atoms with van der Waals surface area (Å²) in [4.78, 5) is 0. The molecule has 0 heterocycles. The second-order valence-corrected chi connectivity index (χ2v) is 4.64. The molecule has 1 aromatic rings. The minimum atomic E-state index is -4.18. The molecule has 0 aromatic heterocycles. The lowest BCUT2D eigenvalue weighted by molar-refractivity contribution is -0.0329. The van der Waals surface area contributed by atoms with E-state index in [4.69, 9.17) is 4.74 Å². The van der Waals surface area contributed by atoms with Gasteiger partial charge in [0.25, 0.3) is 0 Å². The lowest BCUT2D eigenvalue weighted by Gasteiger charge is -2.08. The van der Waals surface area contributed by atoms with E-state index < -0.39 is 5.51 Å². The van der Waals surface area contributed by atoms with Gasteiger partial charge in [0.15, 0.2) is 0 Å². The molecule has 0 unspecified atom stereocenters. The first kappa shape index (κ1) is 13.7. The summed E-state index contributed by atoms with van der Waals surface area (Å²) in [6.07, 6.45) is 0. The molecule has 90 valence electrons. The van der Waals surface area contributed by atoms with Crippen molar-refractivity contribution in [1.29, 1.82) is 0 Å². The van der Waals surface area contributed by atoms with E-state index in [9.17, 15) is 13.2 Å². The molecule has 1 aromatic carbocycles. The van der Waals surface area contributed by atoms with Crippen molar-refractivity contribution < 1.29 is 17.9 Å². The summed E-state index contributed by atoms with van der Waals surface area (Å²) in [6.45, 7) is 0.0515. The quantitative estimate of drug-likeness (QED) is 0.594. The molecule has 0 saturated heterocycles. The predicted molar refractivity (Wildman–Crippen MR) is 63.1 cm³/mol. The standard InChI is InChI=1S/C10H10BrF3OS/c11-7-8-2-1-3-9(6-8)15-4-5-16-10(12,13)14/h1-3,6H,4-5,7H2. The molecule has 6 heteroatoms. The molecular formula is C10H10BrF3OS. The summed E-state index contributed by atoms with van der Waals surface area (Å²) in [5.74, 6) is 0.502. The lowest BCUT2D eigenvalue weighted by atomic mass is 10.2. The van der Waals surface area contributed by atoms with E-state index in [2.05, 4.69) is 15.9 Å². The summed E-state index contributed by atoms with van der Waals surface area (Å²) in [5.41, 5.74) is -3.15. The van der Waals surface area contributed by atoms with Gasteiger partial charge in [-0.25, -0.2) is 0 Å². The van der Waals surface area contributed by atoms with Crippen LogP contribution in [0.25, 0.3) is 0 Å². The summed E-state index contributed by atoms with van der Waals surface area (Å²) in [6, 6.07) is 7.24. The van der Waals surface area contributed by atoms with Crippen molar-refractivity contribution in [2.24, 2.45) is 0 Å². The number of halogens is 4. The fraction of sp³-hybridized carbons (Fsp3) is 0.400. The topological polar surface area (TPSA) is 9.23 Å². The smallest absolute Gasteiger partial charge is 0.441 e. The Morgan fingerprint density at radius 2 is 2.06 bits per heavy atom. The van der Waals surface area contributed by atoms with Gasteiger partial charge in [0.2, 0.25) is 0 Å².